The first-order valence-corrected chi connectivity index (χ1v) is 10.8. The van der Waals surface area contributed by atoms with Crippen molar-refractivity contribution in [1.29, 1.82) is 0 Å². The molecule has 0 radical (unpaired) electrons. The number of fused-ring (bicyclic) bond motifs is 1. The molecule has 0 spiro atoms. The van der Waals surface area contributed by atoms with Gasteiger partial charge in [-0.1, -0.05) is 54.6 Å². The summed E-state index contributed by atoms with van der Waals surface area (Å²) >= 11 is 0. The van der Waals surface area contributed by atoms with E-state index in [-0.39, 0.29) is 24.6 Å². The lowest BCUT2D eigenvalue weighted by Gasteiger charge is -2.33. The summed E-state index contributed by atoms with van der Waals surface area (Å²) in [5, 5.41) is 2.53. The van der Waals surface area contributed by atoms with Crippen molar-refractivity contribution in [2.24, 2.45) is 0 Å². The molecule has 1 unspecified atom stereocenters. The molecule has 0 saturated heterocycles. The van der Waals surface area contributed by atoms with E-state index in [4.69, 9.17) is 14.2 Å². The number of benzene rings is 3. The minimum absolute atomic E-state index is 0.00381. The predicted molar refractivity (Wildman–Crippen MR) is 125 cm³/mol. The standard InChI is InChI=1S/C26H24N2O6/c1-27-25(30)23-15-28(20-12-6-8-14-22(20)34-23)24(29)17-33-26(31)19-11-5-7-13-21(19)32-16-18-9-3-2-4-10-18/h2-14,23H,15-17H2,1H3,(H,27,30). The number of carbonyl (C=O) groups is 3. The maximum Gasteiger partial charge on any atom is 0.342 e. The Kier molecular flexibility index (Phi) is 7.07. The molecule has 1 aliphatic heterocycles. The van der Waals surface area contributed by atoms with Crippen molar-refractivity contribution in [3.05, 3.63) is 90.0 Å². The largest absolute Gasteiger partial charge is 0.488 e. The summed E-state index contributed by atoms with van der Waals surface area (Å²) in [5.41, 5.74) is 1.68. The van der Waals surface area contributed by atoms with Crippen LogP contribution in [0.25, 0.3) is 0 Å². The Balaban J connectivity index is 1.43. The van der Waals surface area contributed by atoms with Crippen molar-refractivity contribution >= 4 is 23.5 Å². The highest BCUT2D eigenvalue weighted by Crippen LogP contribution is 2.33. The second-order valence-electron chi connectivity index (χ2n) is 7.54. The van der Waals surface area contributed by atoms with E-state index in [1.165, 1.54) is 11.9 Å². The van der Waals surface area contributed by atoms with Crippen LogP contribution in [-0.2, 0) is 20.9 Å². The quantitative estimate of drug-likeness (QED) is 0.545. The summed E-state index contributed by atoms with van der Waals surface area (Å²) in [6.45, 7) is -0.208. The van der Waals surface area contributed by atoms with Crippen molar-refractivity contribution in [3.8, 4) is 11.5 Å². The number of ether oxygens (including phenoxy) is 3. The van der Waals surface area contributed by atoms with Crippen LogP contribution in [0.2, 0.25) is 0 Å². The molecule has 8 nitrogen and oxygen atoms in total. The molecule has 1 atom stereocenters. The first-order chi connectivity index (χ1) is 16.6. The first kappa shape index (κ1) is 22.8. The molecule has 0 aliphatic carbocycles. The number of rotatable bonds is 7. The first-order valence-electron chi connectivity index (χ1n) is 10.8. The van der Waals surface area contributed by atoms with E-state index in [2.05, 4.69) is 5.32 Å². The number of para-hydroxylation sites is 3. The van der Waals surface area contributed by atoms with Crippen LogP contribution in [0.3, 0.4) is 0 Å². The molecule has 34 heavy (non-hydrogen) atoms. The average Bonchev–Trinajstić information content (AvgIpc) is 2.90. The lowest BCUT2D eigenvalue weighted by atomic mass is 10.1. The summed E-state index contributed by atoms with van der Waals surface area (Å²) in [5.74, 6) is -0.738. The van der Waals surface area contributed by atoms with Gasteiger partial charge in [0.1, 0.15) is 23.7 Å². The molecule has 0 fully saturated rings. The minimum Gasteiger partial charge on any atom is -0.488 e. The van der Waals surface area contributed by atoms with Gasteiger partial charge < -0.3 is 24.4 Å². The molecule has 1 heterocycles. The Hall–Kier alpha value is -4.33. The van der Waals surface area contributed by atoms with Crippen LogP contribution >= 0.6 is 0 Å². The van der Waals surface area contributed by atoms with Gasteiger partial charge in [0.2, 0.25) is 0 Å². The third kappa shape index (κ3) is 5.17. The highest BCUT2D eigenvalue weighted by Gasteiger charge is 2.33. The van der Waals surface area contributed by atoms with Crippen LogP contribution in [0.15, 0.2) is 78.9 Å². The number of likely N-dealkylation sites (N-methyl/N-ethyl adjacent to an activating group) is 1. The molecular weight excluding hydrogens is 436 g/mol. The lowest BCUT2D eigenvalue weighted by molar-refractivity contribution is -0.128. The monoisotopic (exact) mass is 460 g/mol. The molecule has 8 heteroatoms. The number of hydrogen-bond donors (Lipinski definition) is 1. The fourth-order valence-electron chi connectivity index (χ4n) is 3.55. The number of hydrogen-bond acceptors (Lipinski definition) is 6. The van der Waals surface area contributed by atoms with Gasteiger partial charge in [-0.15, -0.1) is 0 Å². The zero-order chi connectivity index (χ0) is 23.9. The molecule has 1 N–H and O–H groups in total. The number of esters is 1. The maximum atomic E-state index is 13.0. The smallest absolute Gasteiger partial charge is 0.342 e. The van der Waals surface area contributed by atoms with Gasteiger partial charge in [0.15, 0.2) is 12.7 Å². The summed E-state index contributed by atoms with van der Waals surface area (Å²) in [4.78, 5) is 39.3. The summed E-state index contributed by atoms with van der Waals surface area (Å²) in [6.07, 6.45) is -0.869. The van der Waals surface area contributed by atoms with Crippen LogP contribution in [-0.4, -0.2) is 44.1 Å². The summed E-state index contributed by atoms with van der Waals surface area (Å²) in [6, 6.07) is 23.2. The summed E-state index contributed by atoms with van der Waals surface area (Å²) < 4.78 is 16.8. The van der Waals surface area contributed by atoms with E-state index in [0.29, 0.717) is 17.2 Å². The Labute approximate surface area is 197 Å². The molecule has 3 aromatic rings. The van der Waals surface area contributed by atoms with Gasteiger partial charge in [-0.2, -0.15) is 0 Å². The van der Waals surface area contributed by atoms with Crippen LogP contribution in [0, 0.1) is 0 Å². The van der Waals surface area contributed by atoms with Gasteiger partial charge in [0, 0.05) is 7.05 Å². The SMILES string of the molecule is CNC(=O)C1CN(C(=O)COC(=O)c2ccccc2OCc2ccccc2)c2ccccc2O1. The molecule has 0 bridgehead atoms. The fraction of sp³-hybridized carbons (Fsp3) is 0.192. The molecule has 3 aromatic carbocycles. The normalized spacial score (nSPS) is 14.4. The Morgan fingerprint density at radius 3 is 2.47 bits per heavy atom. The van der Waals surface area contributed by atoms with Crippen molar-refractivity contribution in [3.63, 3.8) is 0 Å². The van der Waals surface area contributed by atoms with E-state index in [9.17, 15) is 14.4 Å². The van der Waals surface area contributed by atoms with Gasteiger partial charge in [0.25, 0.3) is 11.8 Å². The number of amides is 2. The van der Waals surface area contributed by atoms with Gasteiger partial charge in [-0.25, -0.2) is 4.79 Å². The van der Waals surface area contributed by atoms with Gasteiger partial charge in [0.05, 0.1) is 12.2 Å². The van der Waals surface area contributed by atoms with E-state index in [1.807, 2.05) is 30.3 Å². The number of nitrogens with zero attached hydrogens (tertiary/aromatic N) is 1. The van der Waals surface area contributed by atoms with Crippen molar-refractivity contribution in [2.75, 3.05) is 25.1 Å². The Morgan fingerprint density at radius 2 is 1.68 bits per heavy atom. The maximum absolute atomic E-state index is 13.0. The van der Waals surface area contributed by atoms with E-state index in [1.54, 1.807) is 48.5 Å². The summed E-state index contributed by atoms with van der Waals surface area (Å²) in [7, 11) is 1.50. The topological polar surface area (TPSA) is 94.2 Å². The average molecular weight is 460 g/mol. The van der Waals surface area contributed by atoms with Crippen LogP contribution in [0.5, 0.6) is 11.5 Å². The number of anilines is 1. The molecule has 4 rings (SSSR count). The van der Waals surface area contributed by atoms with Crippen molar-refractivity contribution < 1.29 is 28.6 Å². The minimum atomic E-state index is -0.869. The van der Waals surface area contributed by atoms with Gasteiger partial charge in [-0.3, -0.25) is 9.59 Å². The highest BCUT2D eigenvalue weighted by molar-refractivity contribution is 6.00. The zero-order valence-corrected chi connectivity index (χ0v) is 18.6. The van der Waals surface area contributed by atoms with Gasteiger partial charge >= 0.3 is 5.97 Å². The zero-order valence-electron chi connectivity index (χ0n) is 18.6. The highest BCUT2D eigenvalue weighted by atomic mass is 16.5. The second-order valence-corrected chi connectivity index (χ2v) is 7.54. The third-order valence-corrected chi connectivity index (χ3v) is 5.28. The Bertz CT molecular complexity index is 1180. The lowest BCUT2D eigenvalue weighted by Crippen LogP contribution is -2.51. The molecular formula is C26H24N2O6. The van der Waals surface area contributed by atoms with E-state index < -0.39 is 24.6 Å². The molecule has 1 aliphatic rings. The van der Waals surface area contributed by atoms with Crippen LogP contribution < -0.4 is 19.7 Å². The Morgan fingerprint density at radius 1 is 0.971 bits per heavy atom. The van der Waals surface area contributed by atoms with E-state index >= 15 is 0 Å². The van der Waals surface area contributed by atoms with Crippen LogP contribution in [0.4, 0.5) is 5.69 Å². The van der Waals surface area contributed by atoms with E-state index in [0.717, 1.165) is 5.56 Å². The fourth-order valence-corrected chi connectivity index (χ4v) is 3.55. The number of nitrogens with one attached hydrogen (secondary N) is 1. The second kappa shape index (κ2) is 10.5. The molecule has 2 amide bonds. The van der Waals surface area contributed by atoms with Gasteiger partial charge in [-0.05, 0) is 29.8 Å². The predicted octanol–water partition coefficient (Wildman–Crippen LogP) is 2.96. The number of carbonyl (C=O) groups excluding carboxylic acids is 3. The molecule has 174 valence electrons. The molecule has 0 saturated carbocycles. The molecule has 0 aromatic heterocycles. The third-order valence-electron chi connectivity index (χ3n) is 5.28. The van der Waals surface area contributed by atoms with Crippen molar-refractivity contribution in [1.82, 2.24) is 5.32 Å². The van der Waals surface area contributed by atoms with Crippen molar-refractivity contribution in [2.45, 2.75) is 12.7 Å². The van der Waals surface area contributed by atoms with Crippen LogP contribution in [0.1, 0.15) is 15.9 Å².